The number of hydrogen-bond acceptors (Lipinski definition) is 9. The maximum Gasteiger partial charge on any atom is 0.247 e. The molecule has 3 atom stereocenters. The number of nitrogens with zero attached hydrogens (tertiary/aromatic N) is 1. The van der Waals surface area contributed by atoms with Crippen LogP contribution in [0.4, 0.5) is 0 Å². The average molecular weight is 668 g/mol. The summed E-state index contributed by atoms with van der Waals surface area (Å²) in [4.78, 5) is 27.8. The van der Waals surface area contributed by atoms with Crippen LogP contribution < -0.4 is 24.3 Å². The molecule has 4 N–H and O–H groups in total. The highest BCUT2D eigenvalue weighted by atomic mass is 127. The maximum absolute atomic E-state index is 13.3. The molecule has 0 spiro atoms. The fourth-order valence-corrected chi connectivity index (χ4v) is 5.52. The molecule has 0 saturated carbocycles. The van der Waals surface area contributed by atoms with Crippen LogP contribution in [0.25, 0.3) is 0 Å². The second kappa shape index (κ2) is 13.5. The van der Waals surface area contributed by atoms with Crippen LogP contribution in [0.5, 0.6) is 23.0 Å². The molecule has 0 bridgehead atoms. The molecule has 0 aromatic heterocycles. The van der Waals surface area contributed by atoms with Gasteiger partial charge in [-0.05, 0) is 64.1 Å². The summed E-state index contributed by atoms with van der Waals surface area (Å²) < 4.78 is 23.3. The normalized spacial score (nSPS) is 19.6. The van der Waals surface area contributed by atoms with E-state index in [0.29, 0.717) is 37.7 Å². The average Bonchev–Trinajstić information content (AvgIpc) is 3.44. The first-order valence-electron chi connectivity index (χ1n) is 12.9. The number of fused-ring (bicyclic) bond motifs is 1. The van der Waals surface area contributed by atoms with Crippen LogP contribution in [0.1, 0.15) is 30.9 Å². The Hall–Kier alpha value is -3.07. The zero-order valence-electron chi connectivity index (χ0n) is 22.3. The van der Waals surface area contributed by atoms with E-state index in [4.69, 9.17) is 18.9 Å². The van der Waals surface area contributed by atoms with Gasteiger partial charge in [-0.3, -0.25) is 9.59 Å². The van der Waals surface area contributed by atoms with E-state index < -0.39 is 24.2 Å². The van der Waals surface area contributed by atoms with Gasteiger partial charge in [0, 0.05) is 31.5 Å². The van der Waals surface area contributed by atoms with E-state index in [1.54, 1.807) is 42.2 Å². The van der Waals surface area contributed by atoms with Crippen LogP contribution in [-0.2, 0) is 22.7 Å². The van der Waals surface area contributed by atoms with Crippen molar-refractivity contribution in [2.24, 2.45) is 0 Å². The predicted octanol–water partition coefficient (Wildman–Crippen LogP) is 1.88. The molecule has 0 unspecified atom stereocenters. The Kier molecular flexibility index (Phi) is 10.1. The van der Waals surface area contributed by atoms with Gasteiger partial charge in [-0.1, -0.05) is 13.0 Å². The number of methoxy groups -OCH3 is 1. The summed E-state index contributed by atoms with van der Waals surface area (Å²) in [6.45, 7) is 1.65. The molecule has 11 nitrogen and oxygen atoms in total. The van der Waals surface area contributed by atoms with Crippen molar-refractivity contribution in [2.75, 3.05) is 27.1 Å². The smallest absolute Gasteiger partial charge is 0.247 e. The summed E-state index contributed by atoms with van der Waals surface area (Å²) in [5, 5.41) is 33.0. The fraction of sp³-hybridized carbons (Fsp3) is 0.429. The van der Waals surface area contributed by atoms with E-state index in [1.807, 2.05) is 6.07 Å². The number of hydrogen-bond donors (Lipinski definition) is 4. The molecule has 1 aliphatic carbocycles. The first-order chi connectivity index (χ1) is 19.3. The Morgan fingerprint density at radius 3 is 2.62 bits per heavy atom. The topological polar surface area (TPSA) is 147 Å². The number of aliphatic hydroxyl groups excluding tert-OH is 3. The van der Waals surface area contributed by atoms with E-state index in [1.165, 1.54) is 7.11 Å². The number of ether oxygens (including phenoxy) is 4. The lowest BCUT2D eigenvalue weighted by Gasteiger charge is -2.40. The number of aliphatic hydroxyl groups is 3. The standard InChI is InChI=1S/C28H33IN2O9/c1-3-25(34)31(13-16-4-5-21-22(9-16)39-15-38-21)20-11-18(28(36)30-6-7-32)12-23(26(20)35)40-27-19(29)8-17(14-33)10-24(27)37-2/h4-5,8-10,12,20,23,26,32-33,35H,3,6-7,11,13-15H2,1-2H3,(H,30,36)/t20-,23+,26+/m1/s1. The van der Waals surface area contributed by atoms with Gasteiger partial charge in [0.15, 0.2) is 23.0 Å². The first kappa shape index (κ1) is 29.9. The van der Waals surface area contributed by atoms with Crippen molar-refractivity contribution >= 4 is 34.4 Å². The van der Waals surface area contributed by atoms with Crippen molar-refractivity contribution in [3.05, 3.63) is 56.7 Å². The Labute approximate surface area is 245 Å². The van der Waals surface area contributed by atoms with Gasteiger partial charge < -0.3 is 44.5 Å². The van der Waals surface area contributed by atoms with Gasteiger partial charge >= 0.3 is 0 Å². The number of nitrogens with one attached hydrogen (secondary N) is 1. The van der Waals surface area contributed by atoms with Crippen LogP contribution in [0.2, 0.25) is 0 Å². The molecule has 0 fully saturated rings. The summed E-state index contributed by atoms with van der Waals surface area (Å²) in [7, 11) is 1.47. The Morgan fingerprint density at radius 2 is 1.93 bits per heavy atom. The van der Waals surface area contributed by atoms with Crippen LogP contribution in [0.3, 0.4) is 0 Å². The lowest BCUT2D eigenvalue weighted by Crippen LogP contribution is -2.54. The van der Waals surface area contributed by atoms with E-state index in [-0.39, 0.29) is 51.8 Å². The predicted molar refractivity (Wildman–Crippen MR) is 152 cm³/mol. The minimum absolute atomic E-state index is 0.0536. The Morgan fingerprint density at radius 1 is 1.15 bits per heavy atom. The van der Waals surface area contributed by atoms with Gasteiger partial charge in [0.05, 0.1) is 29.9 Å². The highest BCUT2D eigenvalue weighted by molar-refractivity contribution is 14.1. The first-order valence-corrected chi connectivity index (χ1v) is 14.0. The molecule has 2 amide bonds. The third-order valence-electron chi connectivity index (χ3n) is 6.75. The summed E-state index contributed by atoms with van der Waals surface area (Å²) in [5.41, 5.74) is 1.71. The second-order valence-corrected chi connectivity index (χ2v) is 10.5. The van der Waals surface area contributed by atoms with Crippen molar-refractivity contribution in [1.29, 1.82) is 0 Å². The number of carbonyl (C=O) groups is 2. The van der Waals surface area contributed by atoms with E-state index >= 15 is 0 Å². The number of carbonyl (C=O) groups excluding carboxylic acids is 2. The van der Waals surface area contributed by atoms with Gasteiger partial charge in [-0.25, -0.2) is 0 Å². The van der Waals surface area contributed by atoms with Crippen molar-refractivity contribution in [2.45, 2.75) is 51.2 Å². The number of amides is 2. The van der Waals surface area contributed by atoms with Crippen molar-refractivity contribution in [1.82, 2.24) is 10.2 Å². The van der Waals surface area contributed by atoms with Crippen molar-refractivity contribution in [3.8, 4) is 23.0 Å². The van der Waals surface area contributed by atoms with Gasteiger partial charge in [0.1, 0.15) is 12.2 Å². The van der Waals surface area contributed by atoms with Crippen LogP contribution in [-0.4, -0.2) is 77.3 Å². The number of benzene rings is 2. The summed E-state index contributed by atoms with van der Waals surface area (Å²) in [6, 6.07) is 7.96. The molecule has 12 heteroatoms. The van der Waals surface area contributed by atoms with E-state index in [0.717, 1.165) is 5.56 Å². The molecule has 0 saturated heterocycles. The zero-order chi connectivity index (χ0) is 28.8. The van der Waals surface area contributed by atoms with Crippen LogP contribution in [0, 0.1) is 3.57 Å². The van der Waals surface area contributed by atoms with Crippen LogP contribution in [0.15, 0.2) is 42.0 Å². The summed E-state index contributed by atoms with van der Waals surface area (Å²) in [6.07, 6.45) is -0.411. The molecule has 1 aliphatic heterocycles. The molecule has 1 heterocycles. The van der Waals surface area contributed by atoms with E-state index in [9.17, 15) is 24.9 Å². The molecule has 2 aliphatic rings. The van der Waals surface area contributed by atoms with Gasteiger partial charge in [0.25, 0.3) is 0 Å². The highest BCUT2D eigenvalue weighted by Gasteiger charge is 2.40. The minimum atomic E-state index is -1.20. The molecular weight excluding hydrogens is 635 g/mol. The SMILES string of the molecule is CCC(=O)N(Cc1ccc2c(c1)OCO2)[C@@H]1CC(C(=O)NCCO)=C[C@H](Oc2c(I)cc(CO)cc2OC)[C@H]1O. The lowest BCUT2D eigenvalue weighted by molar-refractivity contribution is -0.139. The Bertz CT molecular complexity index is 1270. The number of halogens is 1. The fourth-order valence-electron chi connectivity index (χ4n) is 4.72. The Balaban J connectivity index is 1.69. The van der Waals surface area contributed by atoms with E-state index in [2.05, 4.69) is 27.9 Å². The molecule has 0 radical (unpaired) electrons. The number of rotatable bonds is 11. The largest absolute Gasteiger partial charge is 0.493 e. The quantitative estimate of drug-likeness (QED) is 0.264. The zero-order valence-corrected chi connectivity index (χ0v) is 24.4. The molecule has 216 valence electrons. The van der Waals surface area contributed by atoms with Gasteiger partial charge in [0.2, 0.25) is 18.6 Å². The van der Waals surface area contributed by atoms with Crippen LogP contribution >= 0.6 is 22.6 Å². The molecular formula is C28H33IN2O9. The minimum Gasteiger partial charge on any atom is -0.493 e. The van der Waals surface area contributed by atoms with Crippen molar-refractivity contribution in [3.63, 3.8) is 0 Å². The third-order valence-corrected chi connectivity index (χ3v) is 7.55. The summed E-state index contributed by atoms with van der Waals surface area (Å²) >= 11 is 2.05. The highest BCUT2D eigenvalue weighted by Crippen LogP contribution is 2.38. The van der Waals surface area contributed by atoms with Gasteiger partial charge in [-0.2, -0.15) is 0 Å². The lowest BCUT2D eigenvalue weighted by atomic mass is 9.87. The van der Waals surface area contributed by atoms with Crippen molar-refractivity contribution < 1.29 is 43.9 Å². The molecule has 2 aromatic carbocycles. The molecule has 2 aromatic rings. The second-order valence-electron chi connectivity index (χ2n) is 9.35. The summed E-state index contributed by atoms with van der Waals surface area (Å²) in [5.74, 6) is 1.24. The molecule has 40 heavy (non-hydrogen) atoms. The third kappa shape index (κ3) is 6.62. The monoisotopic (exact) mass is 668 g/mol. The molecule has 4 rings (SSSR count). The van der Waals surface area contributed by atoms with Gasteiger partial charge in [-0.15, -0.1) is 0 Å². The maximum atomic E-state index is 13.3.